The monoisotopic (exact) mass is 156 g/mol. The number of nitrogens with zero attached hydrogens (tertiary/aromatic N) is 4. The second-order valence-corrected chi connectivity index (χ2v) is 2.10. The van der Waals surface area contributed by atoms with Crippen molar-refractivity contribution in [2.75, 3.05) is 0 Å². The van der Waals surface area contributed by atoms with Crippen LogP contribution < -0.4 is 0 Å². The Morgan fingerprint density at radius 1 is 1.64 bits per heavy atom. The fraction of sp³-hybridized carbons (Fsp3) is 0.400. The van der Waals surface area contributed by atoms with E-state index in [0.29, 0.717) is 21.9 Å². The van der Waals surface area contributed by atoms with Gasteiger partial charge in [0.05, 0.1) is 0 Å². The van der Waals surface area contributed by atoms with Crippen molar-refractivity contribution in [1.29, 1.82) is 0 Å². The summed E-state index contributed by atoms with van der Waals surface area (Å²) in [5.41, 5.74) is 1.15. The fourth-order valence-electron chi connectivity index (χ4n) is 0.703. The maximum atomic E-state index is 8.89. The SMILES string of the molecule is C/C(=N/O)c1nnn(O)c1C. The van der Waals surface area contributed by atoms with Gasteiger partial charge in [0.1, 0.15) is 17.1 Å². The lowest BCUT2D eigenvalue weighted by atomic mass is 10.2. The Kier molecular flexibility index (Phi) is 1.75. The third kappa shape index (κ3) is 1.14. The van der Waals surface area contributed by atoms with Crippen molar-refractivity contribution in [2.45, 2.75) is 13.8 Å². The zero-order chi connectivity index (χ0) is 8.43. The van der Waals surface area contributed by atoms with E-state index >= 15 is 0 Å². The largest absolute Gasteiger partial charge is 0.411 e. The van der Waals surface area contributed by atoms with E-state index in [0.717, 1.165) is 0 Å². The molecule has 0 saturated carbocycles. The highest BCUT2D eigenvalue weighted by molar-refractivity contribution is 5.97. The standard InChI is InChI=1S/C5H8N4O2/c1-3(7-10)5-4(2)9(11)8-6-5/h10-11H,1-2H3/b7-3-. The molecule has 0 aromatic carbocycles. The van der Waals surface area contributed by atoms with Crippen molar-refractivity contribution in [3.8, 4) is 0 Å². The van der Waals surface area contributed by atoms with Crippen molar-refractivity contribution in [2.24, 2.45) is 5.16 Å². The van der Waals surface area contributed by atoms with Crippen molar-refractivity contribution in [3.05, 3.63) is 11.4 Å². The Morgan fingerprint density at radius 2 is 2.27 bits per heavy atom. The molecule has 1 aromatic heterocycles. The molecule has 60 valence electrons. The van der Waals surface area contributed by atoms with Gasteiger partial charge in [-0.25, -0.2) is 0 Å². The van der Waals surface area contributed by atoms with Crippen LogP contribution in [-0.4, -0.2) is 31.3 Å². The van der Waals surface area contributed by atoms with Crippen LogP contribution in [0.1, 0.15) is 18.3 Å². The zero-order valence-corrected chi connectivity index (χ0v) is 6.18. The van der Waals surface area contributed by atoms with E-state index in [1.165, 1.54) is 0 Å². The first-order valence-electron chi connectivity index (χ1n) is 2.97. The second-order valence-electron chi connectivity index (χ2n) is 2.10. The van der Waals surface area contributed by atoms with Crippen LogP contribution in [0, 0.1) is 6.92 Å². The Bertz CT molecular complexity index is 291. The van der Waals surface area contributed by atoms with E-state index < -0.39 is 0 Å². The summed E-state index contributed by atoms with van der Waals surface area (Å²) in [6.07, 6.45) is 0. The van der Waals surface area contributed by atoms with Gasteiger partial charge >= 0.3 is 0 Å². The molecule has 0 bridgehead atoms. The van der Waals surface area contributed by atoms with Crippen LogP contribution in [0.5, 0.6) is 0 Å². The Balaban J connectivity index is 3.15. The maximum absolute atomic E-state index is 8.89. The molecule has 0 amide bonds. The van der Waals surface area contributed by atoms with Gasteiger partial charge in [-0.1, -0.05) is 10.0 Å². The van der Waals surface area contributed by atoms with Gasteiger partial charge in [0, 0.05) is 0 Å². The van der Waals surface area contributed by atoms with Gasteiger partial charge in [0.15, 0.2) is 0 Å². The number of aromatic nitrogens is 3. The van der Waals surface area contributed by atoms with Gasteiger partial charge in [-0.2, -0.15) is 0 Å². The van der Waals surface area contributed by atoms with Crippen LogP contribution in [0.25, 0.3) is 0 Å². The lowest BCUT2D eigenvalue weighted by Crippen LogP contribution is -2.00. The molecule has 6 heteroatoms. The molecule has 0 aliphatic rings. The smallest absolute Gasteiger partial charge is 0.137 e. The van der Waals surface area contributed by atoms with E-state index in [2.05, 4.69) is 15.5 Å². The van der Waals surface area contributed by atoms with E-state index in [1.807, 2.05) is 0 Å². The predicted molar refractivity (Wildman–Crippen MR) is 35.9 cm³/mol. The lowest BCUT2D eigenvalue weighted by Gasteiger charge is -1.92. The van der Waals surface area contributed by atoms with Crippen LogP contribution in [0.3, 0.4) is 0 Å². The highest BCUT2D eigenvalue weighted by atomic mass is 16.5. The minimum Gasteiger partial charge on any atom is -0.411 e. The molecule has 11 heavy (non-hydrogen) atoms. The molecule has 2 N–H and O–H groups in total. The van der Waals surface area contributed by atoms with Gasteiger partial charge < -0.3 is 10.4 Å². The predicted octanol–water partition coefficient (Wildman–Crippen LogP) is 0.0220. The van der Waals surface area contributed by atoms with Gasteiger partial charge in [-0.3, -0.25) is 0 Å². The van der Waals surface area contributed by atoms with E-state index in [9.17, 15) is 0 Å². The molecule has 1 rings (SSSR count). The quantitative estimate of drug-likeness (QED) is 0.260. The fourth-order valence-corrected chi connectivity index (χ4v) is 0.703. The van der Waals surface area contributed by atoms with Crippen molar-refractivity contribution >= 4 is 5.71 Å². The summed E-state index contributed by atoms with van der Waals surface area (Å²) in [5, 5.41) is 27.0. The minimum atomic E-state index is 0.322. The topological polar surface area (TPSA) is 83.5 Å². The van der Waals surface area contributed by atoms with Crippen molar-refractivity contribution < 1.29 is 10.4 Å². The van der Waals surface area contributed by atoms with Crippen LogP contribution >= 0.6 is 0 Å². The Labute approximate surface area is 62.7 Å². The normalized spacial score (nSPS) is 12.0. The van der Waals surface area contributed by atoms with Crippen molar-refractivity contribution in [3.63, 3.8) is 0 Å². The van der Waals surface area contributed by atoms with Gasteiger partial charge in [-0.05, 0) is 19.1 Å². The minimum absolute atomic E-state index is 0.322. The number of oxime groups is 1. The second kappa shape index (κ2) is 2.57. The number of hydrogen-bond donors (Lipinski definition) is 2. The summed E-state index contributed by atoms with van der Waals surface area (Å²) < 4.78 is 0. The summed E-state index contributed by atoms with van der Waals surface area (Å²) >= 11 is 0. The maximum Gasteiger partial charge on any atom is 0.137 e. The third-order valence-electron chi connectivity index (χ3n) is 1.36. The molecule has 1 aromatic rings. The average molecular weight is 156 g/mol. The summed E-state index contributed by atoms with van der Waals surface area (Å²) in [6, 6.07) is 0. The lowest BCUT2D eigenvalue weighted by molar-refractivity contribution is 0.137. The molecular formula is C5H8N4O2. The highest BCUT2D eigenvalue weighted by Gasteiger charge is 2.09. The molecule has 0 aliphatic heterocycles. The molecule has 6 nitrogen and oxygen atoms in total. The Morgan fingerprint density at radius 3 is 2.64 bits per heavy atom. The van der Waals surface area contributed by atoms with Crippen LogP contribution in [-0.2, 0) is 0 Å². The van der Waals surface area contributed by atoms with E-state index in [4.69, 9.17) is 10.4 Å². The van der Waals surface area contributed by atoms with E-state index in [-0.39, 0.29) is 0 Å². The summed E-state index contributed by atoms with van der Waals surface area (Å²) in [6.45, 7) is 3.18. The first-order chi connectivity index (χ1) is 5.16. The Hall–Kier alpha value is -1.59. The van der Waals surface area contributed by atoms with Gasteiger partial charge in [-0.15, -0.1) is 5.10 Å². The summed E-state index contributed by atoms with van der Waals surface area (Å²) in [4.78, 5) is 0.629. The number of rotatable bonds is 1. The molecule has 0 fully saturated rings. The van der Waals surface area contributed by atoms with E-state index in [1.54, 1.807) is 13.8 Å². The molecule has 0 spiro atoms. The van der Waals surface area contributed by atoms with Crippen LogP contribution in [0.2, 0.25) is 0 Å². The van der Waals surface area contributed by atoms with Crippen LogP contribution in [0.15, 0.2) is 5.16 Å². The third-order valence-corrected chi connectivity index (χ3v) is 1.36. The zero-order valence-electron chi connectivity index (χ0n) is 6.18. The molecular weight excluding hydrogens is 148 g/mol. The van der Waals surface area contributed by atoms with Crippen LogP contribution in [0.4, 0.5) is 0 Å². The molecule has 0 radical (unpaired) electrons. The molecule has 1 heterocycles. The number of hydrogen-bond acceptors (Lipinski definition) is 5. The highest BCUT2D eigenvalue weighted by Crippen LogP contribution is 2.02. The van der Waals surface area contributed by atoms with Crippen molar-refractivity contribution in [1.82, 2.24) is 15.2 Å². The summed E-state index contributed by atoms with van der Waals surface area (Å²) in [5.74, 6) is 0. The first kappa shape index (κ1) is 7.52. The summed E-state index contributed by atoms with van der Waals surface area (Å²) in [7, 11) is 0. The van der Waals surface area contributed by atoms with Gasteiger partial charge in [0.25, 0.3) is 0 Å². The average Bonchev–Trinajstić information content (AvgIpc) is 2.32. The molecule has 0 unspecified atom stereocenters. The van der Waals surface area contributed by atoms with Gasteiger partial charge in [0.2, 0.25) is 0 Å². The molecule has 0 saturated heterocycles. The molecule has 0 aliphatic carbocycles. The molecule has 0 atom stereocenters. The first-order valence-corrected chi connectivity index (χ1v) is 2.97.